The Hall–Kier alpha value is -2.15. The van der Waals surface area contributed by atoms with Crippen molar-refractivity contribution in [1.29, 1.82) is 0 Å². The fourth-order valence-corrected chi connectivity index (χ4v) is 1.60. The number of benzene rings is 1. The first-order valence-corrected chi connectivity index (χ1v) is 6.43. The SMILES string of the molecule is CC(C)NC(=S)N/N=C/c1ccccc1OCC(=O)O. The van der Waals surface area contributed by atoms with E-state index in [9.17, 15) is 4.79 Å². The number of nitrogens with zero attached hydrogens (tertiary/aromatic N) is 1. The van der Waals surface area contributed by atoms with E-state index in [2.05, 4.69) is 15.8 Å². The van der Waals surface area contributed by atoms with Crippen molar-refractivity contribution in [2.75, 3.05) is 6.61 Å². The van der Waals surface area contributed by atoms with Gasteiger partial charge in [0.25, 0.3) is 0 Å². The van der Waals surface area contributed by atoms with Crippen molar-refractivity contribution in [3.05, 3.63) is 29.8 Å². The third-order valence-corrected chi connectivity index (χ3v) is 2.27. The second kappa shape index (κ2) is 8.11. The van der Waals surface area contributed by atoms with Crippen molar-refractivity contribution >= 4 is 29.5 Å². The van der Waals surface area contributed by atoms with E-state index in [4.69, 9.17) is 22.1 Å². The lowest BCUT2D eigenvalue weighted by Crippen LogP contribution is -2.36. The van der Waals surface area contributed by atoms with Crippen LogP contribution in [0.15, 0.2) is 29.4 Å². The second-order valence-electron chi connectivity index (χ2n) is 4.22. The van der Waals surface area contributed by atoms with Gasteiger partial charge in [0.1, 0.15) is 5.75 Å². The summed E-state index contributed by atoms with van der Waals surface area (Å²) in [5, 5.41) is 16.0. The monoisotopic (exact) mass is 295 g/mol. The van der Waals surface area contributed by atoms with Crippen LogP contribution in [0.25, 0.3) is 0 Å². The van der Waals surface area contributed by atoms with Crippen LogP contribution >= 0.6 is 12.2 Å². The van der Waals surface area contributed by atoms with Gasteiger partial charge >= 0.3 is 5.97 Å². The lowest BCUT2D eigenvalue weighted by molar-refractivity contribution is -0.139. The van der Waals surface area contributed by atoms with E-state index in [0.717, 1.165) is 0 Å². The standard InChI is InChI=1S/C13H17N3O3S/c1-9(2)15-13(20)16-14-7-10-5-3-4-6-11(10)19-8-12(17)18/h3-7,9H,8H2,1-2H3,(H,17,18)(H2,15,16,20)/b14-7+. The molecule has 6 nitrogen and oxygen atoms in total. The predicted octanol–water partition coefficient (Wildman–Crippen LogP) is 1.36. The first-order valence-electron chi connectivity index (χ1n) is 6.02. The number of para-hydroxylation sites is 1. The summed E-state index contributed by atoms with van der Waals surface area (Å²) < 4.78 is 5.15. The number of hydrogen-bond acceptors (Lipinski definition) is 4. The van der Waals surface area contributed by atoms with E-state index in [1.807, 2.05) is 13.8 Å². The van der Waals surface area contributed by atoms with E-state index in [1.54, 1.807) is 24.3 Å². The average molecular weight is 295 g/mol. The molecule has 0 fully saturated rings. The van der Waals surface area contributed by atoms with Crippen LogP contribution in [0.4, 0.5) is 0 Å². The molecule has 0 radical (unpaired) electrons. The Bertz CT molecular complexity index is 503. The van der Waals surface area contributed by atoms with Crippen LogP contribution in [-0.2, 0) is 4.79 Å². The summed E-state index contributed by atoms with van der Waals surface area (Å²) in [5.41, 5.74) is 3.33. The lowest BCUT2D eigenvalue weighted by Gasteiger charge is -2.10. The topological polar surface area (TPSA) is 83.0 Å². The Balaban J connectivity index is 2.62. The Morgan fingerprint density at radius 3 is 2.85 bits per heavy atom. The molecule has 0 aliphatic heterocycles. The zero-order chi connectivity index (χ0) is 15.0. The van der Waals surface area contributed by atoms with E-state index in [-0.39, 0.29) is 6.04 Å². The van der Waals surface area contributed by atoms with Crippen molar-refractivity contribution < 1.29 is 14.6 Å². The predicted molar refractivity (Wildman–Crippen MR) is 81.2 cm³/mol. The minimum atomic E-state index is -1.03. The normalized spacial score (nSPS) is 10.6. The highest BCUT2D eigenvalue weighted by Crippen LogP contribution is 2.15. The summed E-state index contributed by atoms with van der Waals surface area (Å²) >= 11 is 5.02. The summed E-state index contributed by atoms with van der Waals surface area (Å²) in [6.07, 6.45) is 1.52. The van der Waals surface area contributed by atoms with Crippen LogP contribution in [0.3, 0.4) is 0 Å². The van der Waals surface area contributed by atoms with Crippen LogP contribution in [-0.4, -0.2) is 35.1 Å². The molecule has 0 heterocycles. The van der Waals surface area contributed by atoms with E-state index >= 15 is 0 Å². The molecular formula is C13H17N3O3S. The highest BCUT2D eigenvalue weighted by Gasteiger charge is 2.03. The molecule has 0 amide bonds. The second-order valence-corrected chi connectivity index (χ2v) is 4.63. The molecule has 1 aromatic carbocycles. The number of hydrogen-bond donors (Lipinski definition) is 3. The van der Waals surface area contributed by atoms with Gasteiger partial charge in [0.15, 0.2) is 11.7 Å². The highest BCUT2D eigenvalue weighted by atomic mass is 32.1. The number of rotatable bonds is 6. The number of carboxylic acids is 1. The van der Waals surface area contributed by atoms with Crippen LogP contribution in [0.2, 0.25) is 0 Å². The first-order chi connectivity index (χ1) is 9.49. The van der Waals surface area contributed by atoms with Gasteiger partial charge in [-0.05, 0) is 38.2 Å². The largest absolute Gasteiger partial charge is 0.481 e. The van der Waals surface area contributed by atoms with Crippen molar-refractivity contribution in [2.24, 2.45) is 5.10 Å². The molecule has 0 saturated heterocycles. The Morgan fingerprint density at radius 1 is 1.50 bits per heavy atom. The van der Waals surface area contributed by atoms with Crippen molar-refractivity contribution in [1.82, 2.24) is 10.7 Å². The number of ether oxygens (including phenoxy) is 1. The molecule has 1 rings (SSSR count). The number of carbonyl (C=O) groups is 1. The minimum Gasteiger partial charge on any atom is -0.481 e. The maximum atomic E-state index is 10.5. The Kier molecular flexibility index (Phi) is 6.45. The van der Waals surface area contributed by atoms with Crippen molar-refractivity contribution in [2.45, 2.75) is 19.9 Å². The third-order valence-electron chi connectivity index (χ3n) is 2.06. The molecule has 0 aliphatic rings. The molecule has 0 unspecified atom stereocenters. The lowest BCUT2D eigenvalue weighted by atomic mass is 10.2. The maximum Gasteiger partial charge on any atom is 0.341 e. The summed E-state index contributed by atoms with van der Waals surface area (Å²) in [4.78, 5) is 10.5. The number of thiocarbonyl (C=S) groups is 1. The fraction of sp³-hybridized carbons (Fsp3) is 0.308. The van der Waals surface area contributed by atoms with Crippen LogP contribution < -0.4 is 15.5 Å². The first kappa shape index (κ1) is 15.9. The summed E-state index contributed by atoms with van der Waals surface area (Å²) in [7, 11) is 0. The van der Waals surface area contributed by atoms with E-state index < -0.39 is 12.6 Å². The zero-order valence-electron chi connectivity index (χ0n) is 11.3. The Labute approximate surface area is 122 Å². The van der Waals surface area contributed by atoms with E-state index in [0.29, 0.717) is 16.4 Å². The van der Waals surface area contributed by atoms with Crippen molar-refractivity contribution in [3.8, 4) is 5.75 Å². The van der Waals surface area contributed by atoms with Gasteiger partial charge in [-0.15, -0.1) is 0 Å². The number of nitrogens with one attached hydrogen (secondary N) is 2. The van der Waals surface area contributed by atoms with Crippen LogP contribution in [0, 0.1) is 0 Å². The van der Waals surface area contributed by atoms with Gasteiger partial charge in [-0.25, -0.2) is 4.79 Å². The number of hydrazone groups is 1. The van der Waals surface area contributed by atoms with Gasteiger partial charge in [0, 0.05) is 11.6 Å². The molecular weight excluding hydrogens is 278 g/mol. The summed E-state index contributed by atoms with van der Waals surface area (Å²) in [6, 6.07) is 7.22. The van der Waals surface area contributed by atoms with Gasteiger partial charge in [-0.1, -0.05) is 12.1 Å². The summed E-state index contributed by atoms with van der Waals surface area (Å²) in [6.45, 7) is 3.53. The fourth-order valence-electron chi connectivity index (χ4n) is 1.31. The minimum absolute atomic E-state index is 0.219. The molecule has 0 atom stereocenters. The molecule has 0 spiro atoms. The molecule has 108 valence electrons. The number of aliphatic carboxylic acids is 1. The molecule has 7 heteroatoms. The van der Waals surface area contributed by atoms with Crippen molar-refractivity contribution in [3.63, 3.8) is 0 Å². The molecule has 0 aliphatic carbocycles. The van der Waals surface area contributed by atoms with E-state index in [1.165, 1.54) is 6.21 Å². The molecule has 1 aromatic rings. The van der Waals surface area contributed by atoms with Gasteiger partial charge in [0.05, 0.1) is 6.21 Å². The van der Waals surface area contributed by atoms with Gasteiger partial charge < -0.3 is 15.2 Å². The average Bonchev–Trinajstić information content (AvgIpc) is 2.36. The molecule has 0 saturated carbocycles. The quantitative estimate of drug-likeness (QED) is 0.417. The third kappa shape index (κ3) is 6.14. The molecule has 20 heavy (non-hydrogen) atoms. The van der Waals surface area contributed by atoms with Crippen LogP contribution in [0.5, 0.6) is 5.75 Å². The zero-order valence-corrected chi connectivity index (χ0v) is 12.1. The van der Waals surface area contributed by atoms with Gasteiger partial charge in [0.2, 0.25) is 0 Å². The Morgan fingerprint density at radius 2 is 2.20 bits per heavy atom. The molecule has 0 bridgehead atoms. The maximum absolute atomic E-state index is 10.5. The highest BCUT2D eigenvalue weighted by molar-refractivity contribution is 7.80. The van der Waals surface area contributed by atoms with Gasteiger partial charge in [-0.3, -0.25) is 5.43 Å². The van der Waals surface area contributed by atoms with Gasteiger partial charge in [-0.2, -0.15) is 5.10 Å². The smallest absolute Gasteiger partial charge is 0.341 e. The van der Waals surface area contributed by atoms with Crippen LogP contribution in [0.1, 0.15) is 19.4 Å². The molecule has 0 aromatic heterocycles. The molecule has 3 N–H and O–H groups in total. The number of carboxylic acid groups (broad SMARTS) is 1. The summed E-state index contributed by atoms with van der Waals surface area (Å²) in [5.74, 6) is -0.583.